The fraction of sp³-hybridized carbons (Fsp3) is 0.286. The molecule has 3 N–H and O–H groups in total. The summed E-state index contributed by atoms with van der Waals surface area (Å²) in [4.78, 5) is 0. The number of fused-ring (bicyclic) bond motifs is 1. The smallest absolute Gasteiger partial charge is 0.0790 e. The Hall–Kier alpha value is -1.38. The molecule has 0 saturated heterocycles. The number of rotatable bonds is 4. The summed E-state index contributed by atoms with van der Waals surface area (Å²) in [5.74, 6) is 0. The van der Waals surface area contributed by atoms with E-state index in [9.17, 15) is 5.11 Å². The van der Waals surface area contributed by atoms with E-state index in [1.54, 1.807) is 0 Å². The number of benzene rings is 2. The van der Waals surface area contributed by atoms with Crippen LogP contribution in [0.15, 0.2) is 42.5 Å². The van der Waals surface area contributed by atoms with Crippen molar-refractivity contribution in [3.63, 3.8) is 0 Å². The number of hydrogen-bond donors (Lipinski definition) is 2. The molecule has 0 aliphatic rings. The lowest BCUT2D eigenvalue weighted by atomic mass is 10.0. The Bertz CT molecular complexity index is 467. The van der Waals surface area contributed by atoms with Crippen molar-refractivity contribution in [1.29, 1.82) is 0 Å². The predicted octanol–water partition coefficient (Wildman–Crippen LogP) is 2.61. The fourth-order valence-corrected chi connectivity index (χ4v) is 1.89. The van der Waals surface area contributed by atoms with Gasteiger partial charge in [0.1, 0.15) is 0 Å². The van der Waals surface area contributed by atoms with E-state index in [4.69, 9.17) is 5.73 Å². The molecule has 16 heavy (non-hydrogen) atoms. The molecule has 2 aromatic carbocycles. The van der Waals surface area contributed by atoms with Gasteiger partial charge in [0, 0.05) is 0 Å². The van der Waals surface area contributed by atoms with Crippen LogP contribution in [0, 0.1) is 0 Å². The Kier molecular flexibility index (Phi) is 3.54. The number of nitrogens with two attached hydrogens (primary N) is 1. The van der Waals surface area contributed by atoms with E-state index in [0.29, 0.717) is 6.54 Å². The van der Waals surface area contributed by atoms with Crippen LogP contribution in [0.1, 0.15) is 24.5 Å². The molecule has 0 saturated carbocycles. The molecule has 2 rings (SSSR count). The van der Waals surface area contributed by atoms with Crippen LogP contribution >= 0.6 is 0 Å². The first-order valence-electron chi connectivity index (χ1n) is 5.68. The maximum atomic E-state index is 9.96. The number of hydrogen-bond acceptors (Lipinski definition) is 2. The minimum absolute atomic E-state index is 0.395. The van der Waals surface area contributed by atoms with E-state index in [-0.39, 0.29) is 0 Å². The van der Waals surface area contributed by atoms with Gasteiger partial charge in [-0.15, -0.1) is 0 Å². The van der Waals surface area contributed by atoms with Gasteiger partial charge in [-0.1, -0.05) is 36.4 Å². The maximum Gasteiger partial charge on any atom is 0.0790 e. The topological polar surface area (TPSA) is 46.2 Å². The van der Waals surface area contributed by atoms with Gasteiger partial charge in [-0.25, -0.2) is 0 Å². The quantitative estimate of drug-likeness (QED) is 0.823. The van der Waals surface area contributed by atoms with E-state index in [2.05, 4.69) is 24.3 Å². The lowest BCUT2D eigenvalue weighted by Gasteiger charge is -2.11. The zero-order valence-corrected chi connectivity index (χ0v) is 9.26. The van der Waals surface area contributed by atoms with E-state index in [1.165, 1.54) is 10.8 Å². The van der Waals surface area contributed by atoms with Crippen molar-refractivity contribution in [2.75, 3.05) is 6.54 Å². The highest BCUT2D eigenvalue weighted by Crippen LogP contribution is 2.22. The molecule has 0 fully saturated rings. The zero-order valence-electron chi connectivity index (χ0n) is 9.26. The third-order valence-electron chi connectivity index (χ3n) is 2.84. The molecule has 0 aliphatic carbocycles. The average molecular weight is 215 g/mol. The Labute approximate surface area is 95.7 Å². The first kappa shape index (κ1) is 11.1. The minimum atomic E-state index is -0.395. The van der Waals surface area contributed by atoms with Crippen molar-refractivity contribution in [3.8, 4) is 0 Å². The highest BCUT2D eigenvalue weighted by molar-refractivity contribution is 5.83. The summed E-state index contributed by atoms with van der Waals surface area (Å²) in [6.07, 6.45) is 1.19. The van der Waals surface area contributed by atoms with E-state index in [0.717, 1.165) is 18.4 Å². The minimum Gasteiger partial charge on any atom is -0.388 e. The zero-order chi connectivity index (χ0) is 11.4. The molecule has 1 atom stereocenters. The molecule has 2 aromatic rings. The molecule has 0 aliphatic heterocycles. The highest BCUT2D eigenvalue weighted by Gasteiger charge is 2.06. The lowest BCUT2D eigenvalue weighted by Crippen LogP contribution is -2.03. The molecule has 0 spiro atoms. The molecule has 2 heteroatoms. The molecule has 0 heterocycles. The van der Waals surface area contributed by atoms with Gasteiger partial charge in [0.15, 0.2) is 0 Å². The van der Waals surface area contributed by atoms with Gasteiger partial charge < -0.3 is 10.8 Å². The molecule has 0 radical (unpaired) electrons. The Morgan fingerprint density at radius 2 is 1.81 bits per heavy atom. The normalized spacial score (nSPS) is 12.9. The van der Waals surface area contributed by atoms with E-state index >= 15 is 0 Å². The van der Waals surface area contributed by atoms with Gasteiger partial charge in [0.05, 0.1) is 6.10 Å². The third-order valence-corrected chi connectivity index (χ3v) is 2.84. The molecule has 0 bridgehead atoms. The summed E-state index contributed by atoms with van der Waals surface area (Å²) in [6.45, 7) is 0.630. The SMILES string of the molecule is NCCCC(O)c1ccc2ccccc2c1. The van der Waals surface area contributed by atoms with Crippen LogP contribution in [0.25, 0.3) is 10.8 Å². The third kappa shape index (κ3) is 2.40. The van der Waals surface area contributed by atoms with E-state index < -0.39 is 6.10 Å². The summed E-state index contributed by atoms with van der Waals surface area (Å²) in [5.41, 5.74) is 6.41. The number of aliphatic hydroxyl groups is 1. The van der Waals surface area contributed by atoms with Gasteiger partial charge in [-0.05, 0) is 41.8 Å². The molecule has 0 aromatic heterocycles. The maximum absolute atomic E-state index is 9.96. The summed E-state index contributed by atoms with van der Waals surface area (Å²) >= 11 is 0. The average Bonchev–Trinajstić information content (AvgIpc) is 2.35. The summed E-state index contributed by atoms with van der Waals surface area (Å²) < 4.78 is 0. The molecule has 1 unspecified atom stereocenters. The second-order valence-corrected chi connectivity index (χ2v) is 4.05. The largest absolute Gasteiger partial charge is 0.388 e. The molecule has 0 amide bonds. The summed E-state index contributed by atoms with van der Waals surface area (Å²) in [5, 5.41) is 12.3. The second-order valence-electron chi connectivity index (χ2n) is 4.05. The molecular formula is C14H17NO. The van der Waals surface area contributed by atoms with Crippen LogP contribution in [0.5, 0.6) is 0 Å². The van der Waals surface area contributed by atoms with E-state index in [1.807, 2.05) is 18.2 Å². The lowest BCUT2D eigenvalue weighted by molar-refractivity contribution is 0.165. The van der Waals surface area contributed by atoms with Crippen LogP contribution in [0.3, 0.4) is 0 Å². The Morgan fingerprint density at radius 3 is 2.56 bits per heavy atom. The highest BCUT2D eigenvalue weighted by atomic mass is 16.3. The first-order valence-corrected chi connectivity index (χ1v) is 5.68. The fourth-order valence-electron chi connectivity index (χ4n) is 1.89. The Balaban J connectivity index is 2.25. The number of aliphatic hydroxyl groups excluding tert-OH is 1. The van der Waals surface area contributed by atoms with Crippen molar-refractivity contribution in [1.82, 2.24) is 0 Å². The second kappa shape index (κ2) is 5.10. The van der Waals surface area contributed by atoms with Crippen LogP contribution < -0.4 is 5.73 Å². The van der Waals surface area contributed by atoms with Crippen molar-refractivity contribution in [2.45, 2.75) is 18.9 Å². The summed E-state index contributed by atoms with van der Waals surface area (Å²) in [7, 11) is 0. The van der Waals surface area contributed by atoms with Crippen LogP contribution in [-0.4, -0.2) is 11.7 Å². The molecule has 84 valence electrons. The van der Waals surface area contributed by atoms with Crippen molar-refractivity contribution < 1.29 is 5.11 Å². The van der Waals surface area contributed by atoms with Gasteiger partial charge >= 0.3 is 0 Å². The van der Waals surface area contributed by atoms with Gasteiger partial charge in [-0.3, -0.25) is 0 Å². The van der Waals surface area contributed by atoms with Gasteiger partial charge in [0.2, 0.25) is 0 Å². The standard InChI is InChI=1S/C14H17NO/c15-9-3-6-14(16)13-8-7-11-4-1-2-5-12(11)10-13/h1-2,4-5,7-8,10,14,16H,3,6,9,15H2. The van der Waals surface area contributed by atoms with Gasteiger partial charge in [-0.2, -0.15) is 0 Å². The first-order chi connectivity index (χ1) is 7.81. The van der Waals surface area contributed by atoms with Crippen LogP contribution in [-0.2, 0) is 0 Å². The monoisotopic (exact) mass is 215 g/mol. The van der Waals surface area contributed by atoms with Crippen molar-refractivity contribution in [3.05, 3.63) is 48.0 Å². The summed E-state index contributed by atoms with van der Waals surface area (Å²) in [6, 6.07) is 14.3. The Morgan fingerprint density at radius 1 is 1.06 bits per heavy atom. The van der Waals surface area contributed by atoms with Crippen LogP contribution in [0.4, 0.5) is 0 Å². The molecular weight excluding hydrogens is 198 g/mol. The predicted molar refractivity (Wildman–Crippen MR) is 67.2 cm³/mol. The van der Waals surface area contributed by atoms with Crippen LogP contribution in [0.2, 0.25) is 0 Å². The van der Waals surface area contributed by atoms with Crippen molar-refractivity contribution >= 4 is 10.8 Å². The van der Waals surface area contributed by atoms with Crippen molar-refractivity contribution in [2.24, 2.45) is 5.73 Å². The molecule has 2 nitrogen and oxygen atoms in total. The van der Waals surface area contributed by atoms with Gasteiger partial charge in [0.25, 0.3) is 0 Å².